The third kappa shape index (κ3) is 1.85. The number of fused-ring (bicyclic) bond motifs is 6. The molecule has 0 radical (unpaired) electrons. The quantitative estimate of drug-likeness (QED) is 0.322. The van der Waals surface area contributed by atoms with Crippen molar-refractivity contribution in [1.29, 1.82) is 0 Å². The molecule has 2 aromatic heterocycles. The number of H-pyrrole nitrogens is 1. The molecule has 4 heteroatoms. The first-order chi connectivity index (χ1) is 11.8. The fraction of sp³-hybridized carbons (Fsp3) is 0. The molecule has 5 rings (SSSR count). The van der Waals surface area contributed by atoms with Gasteiger partial charge in [-0.2, -0.15) is 0 Å². The standard InChI is InChI=1S/C20H12ClN3/c21-19-16(10-5-11-22-19)20-23-17-14-8-3-1-6-12(14)13-7-2-4-9-15(13)18(17)24-20/h1-11H,(H,23,24). The molecular weight excluding hydrogens is 318 g/mol. The molecule has 0 saturated heterocycles. The zero-order valence-electron chi connectivity index (χ0n) is 12.6. The van der Waals surface area contributed by atoms with Gasteiger partial charge in [-0.15, -0.1) is 0 Å². The van der Waals surface area contributed by atoms with Crippen molar-refractivity contribution in [3.8, 4) is 11.4 Å². The number of hydrogen-bond acceptors (Lipinski definition) is 2. The van der Waals surface area contributed by atoms with Crippen molar-refractivity contribution in [2.45, 2.75) is 0 Å². The topological polar surface area (TPSA) is 41.6 Å². The van der Waals surface area contributed by atoms with Gasteiger partial charge in [0.15, 0.2) is 0 Å². The molecule has 3 nitrogen and oxygen atoms in total. The Balaban J connectivity index is 1.98. The number of rotatable bonds is 1. The number of benzene rings is 3. The summed E-state index contributed by atoms with van der Waals surface area (Å²) in [5.41, 5.74) is 2.79. The van der Waals surface area contributed by atoms with Crippen molar-refractivity contribution in [3.05, 3.63) is 72.0 Å². The Morgan fingerprint density at radius 1 is 0.750 bits per heavy atom. The highest BCUT2D eigenvalue weighted by Crippen LogP contribution is 2.35. The largest absolute Gasteiger partial charge is 0.337 e. The summed E-state index contributed by atoms with van der Waals surface area (Å²) in [6, 6.07) is 20.5. The number of halogens is 1. The molecule has 0 saturated carbocycles. The third-order valence-electron chi connectivity index (χ3n) is 4.39. The van der Waals surface area contributed by atoms with Gasteiger partial charge in [0.2, 0.25) is 0 Å². The highest BCUT2D eigenvalue weighted by atomic mass is 35.5. The van der Waals surface area contributed by atoms with Gasteiger partial charge in [0.05, 0.1) is 16.6 Å². The predicted molar refractivity (Wildman–Crippen MR) is 99.3 cm³/mol. The minimum Gasteiger partial charge on any atom is -0.337 e. The number of imidazole rings is 1. The van der Waals surface area contributed by atoms with Gasteiger partial charge < -0.3 is 4.98 Å². The summed E-state index contributed by atoms with van der Waals surface area (Å²) >= 11 is 6.25. The molecule has 0 aliphatic heterocycles. The smallest absolute Gasteiger partial charge is 0.141 e. The van der Waals surface area contributed by atoms with E-state index in [0.717, 1.165) is 33.2 Å². The van der Waals surface area contributed by atoms with Crippen molar-refractivity contribution in [3.63, 3.8) is 0 Å². The molecule has 2 heterocycles. The summed E-state index contributed by atoms with van der Waals surface area (Å²) in [4.78, 5) is 12.5. The van der Waals surface area contributed by atoms with E-state index in [4.69, 9.17) is 16.6 Å². The van der Waals surface area contributed by atoms with E-state index in [1.807, 2.05) is 24.3 Å². The van der Waals surface area contributed by atoms with Crippen LogP contribution >= 0.6 is 11.6 Å². The van der Waals surface area contributed by atoms with Gasteiger partial charge >= 0.3 is 0 Å². The Morgan fingerprint density at radius 3 is 2.17 bits per heavy atom. The fourth-order valence-electron chi connectivity index (χ4n) is 3.31. The van der Waals surface area contributed by atoms with Crippen LogP contribution in [-0.2, 0) is 0 Å². The first kappa shape index (κ1) is 13.5. The molecule has 0 aliphatic rings. The summed E-state index contributed by atoms with van der Waals surface area (Å²) < 4.78 is 0. The van der Waals surface area contributed by atoms with E-state index in [0.29, 0.717) is 5.15 Å². The number of aromatic nitrogens is 3. The average Bonchev–Trinajstić information content (AvgIpc) is 3.08. The molecule has 3 aromatic carbocycles. The maximum Gasteiger partial charge on any atom is 0.141 e. The molecule has 1 N–H and O–H groups in total. The molecule has 24 heavy (non-hydrogen) atoms. The minimum atomic E-state index is 0.449. The van der Waals surface area contributed by atoms with Crippen molar-refractivity contribution >= 4 is 44.2 Å². The SMILES string of the molecule is Clc1ncccc1-c1nc2c3ccccc3c3ccccc3c2[nH]1. The summed E-state index contributed by atoms with van der Waals surface area (Å²) in [5, 5.41) is 5.16. The molecule has 0 fully saturated rings. The lowest BCUT2D eigenvalue weighted by atomic mass is 10.0. The van der Waals surface area contributed by atoms with Gasteiger partial charge in [0, 0.05) is 17.0 Å². The van der Waals surface area contributed by atoms with Crippen LogP contribution in [-0.4, -0.2) is 15.0 Å². The molecular formula is C20H12ClN3. The molecule has 0 unspecified atom stereocenters. The van der Waals surface area contributed by atoms with Crippen LogP contribution in [0.5, 0.6) is 0 Å². The van der Waals surface area contributed by atoms with E-state index in [1.54, 1.807) is 6.20 Å². The maximum absolute atomic E-state index is 6.25. The van der Waals surface area contributed by atoms with Crippen LogP contribution in [0.1, 0.15) is 0 Å². The third-order valence-corrected chi connectivity index (χ3v) is 4.69. The fourth-order valence-corrected chi connectivity index (χ4v) is 3.52. The van der Waals surface area contributed by atoms with Gasteiger partial charge in [-0.25, -0.2) is 9.97 Å². The van der Waals surface area contributed by atoms with Gasteiger partial charge in [-0.05, 0) is 22.9 Å². The highest BCUT2D eigenvalue weighted by Gasteiger charge is 2.14. The van der Waals surface area contributed by atoms with Crippen LogP contribution < -0.4 is 0 Å². The van der Waals surface area contributed by atoms with Crippen LogP contribution in [0.2, 0.25) is 5.15 Å². The molecule has 0 spiro atoms. The second-order valence-corrected chi connectivity index (χ2v) is 6.10. The van der Waals surface area contributed by atoms with Crippen LogP contribution in [0.25, 0.3) is 44.0 Å². The summed E-state index contributed by atoms with van der Waals surface area (Å²) in [5.74, 6) is 0.740. The van der Waals surface area contributed by atoms with Gasteiger partial charge in [0.25, 0.3) is 0 Å². The average molecular weight is 330 g/mol. The first-order valence-electron chi connectivity index (χ1n) is 7.73. The first-order valence-corrected chi connectivity index (χ1v) is 8.11. The van der Waals surface area contributed by atoms with Crippen molar-refractivity contribution < 1.29 is 0 Å². The maximum atomic E-state index is 6.25. The molecule has 0 amide bonds. The predicted octanol–water partition coefficient (Wildman–Crippen LogP) is 5.58. The minimum absolute atomic E-state index is 0.449. The lowest BCUT2D eigenvalue weighted by Gasteiger charge is -2.05. The van der Waals surface area contributed by atoms with E-state index in [9.17, 15) is 0 Å². The number of nitrogens with zero attached hydrogens (tertiary/aromatic N) is 2. The lowest BCUT2D eigenvalue weighted by Crippen LogP contribution is -1.84. The van der Waals surface area contributed by atoms with Crippen LogP contribution in [0.15, 0.2) is 66.9 Å². The zero-order valence-corrected chi connectivity index (χ0v) is 13.4. The highest BCUT2D eigenvalue weighted by molar-refractivity contribution is 6.32. The Kier molecular flexibility index (Phi) is 2.84. The molecule has 0 bridgehead atoms. The number of pyridine rings is 1. The molecule has 0 aliphatic carbocycles. The second kappa shape index (κ2) is 5.05. The zero-order chi connectivity index (χ0) is 16.1. The molecule has 0 atom stereocenters. The van der Waals surface area contributed by atoms with E-state index in [-0.39, 0.29) is 0 Å². The summed E-state index contributed by atoms with van der Waals surface area (Å²) in [6.45, 7) is 0. The lowest BCUT2D eigenvalue weighted by molar-refractivity contribution is 1.27. The van der Waals surface area contributed by atoms with Gasteiger partial charge in [-0.3, -0.25) is 0 Å². The van der Waals surface area contributed by atoms with E-state index < -0.39 is 0 Å². The van der Waals surface area contributed by atoms with E-state index >= 15 is 0 Å². The van der Waals surface area contributed by atoms with Crippen molar-refractivity contribution in [2.24, 2.45) is 0 Å². The number of nitrogens with one attached hydrogen (secondary N) is 1. The van der Waals surface area contributed by atoms with E-state index in [2.05, 4.69) is 46.4 Å². The Morgan fingerprint density at radius 2 is 1.42 bits per heavy atom. The normalized spacial score (nSPS) is 11.5. The Hall–Kier alpha value is -2.91. The molecule has 5 aromatic rings. The summed E-state index contributed by atoms with van der Waals surface area (Å²) in [6.07, 6.45) is 1.68. The van der Waals surface area contributed by atoms with Crippen molar-refractivity contribution in [2.75, 3.05) is 0 Å². The van der Waals surface area contributed by atoms with Crippen LogP contribution in [0.3, 0.4) is 0 Å². The Labute approximate surface area is 142 Å². The summed E-state index contributed by atoms with van der Waals surface area (Å²) in [7, 11) is 0. The van der Waals surface area contributed by atoms with Crippen molar-refractivity contribution in [1.82, 2.24) is 15.0 Å². The van der Waals surface area contributed by atoms with Crippen LogP contribution in [0, 0.1) is 0 Å². The van der Waals surface area contributed by atoms with Gasteiger partial charge in [-0.1, -0.05) is 60.1 Å². The van der Waals surface area contributed by atoms with E-state index in [1.165, 1.54) is 10.8 Å². The molecule has 114 valence electrons. The monoisotopic (exact) mass is 329 g/mol. The Bertz CT molecular complexity index is 1150. The van der Waals surface area contributed by atoms with Crippen LogP contribution in [0.4, 0.5) is 0 Å². The van der Waals surface area contributed by atoms with Gasteiger partial charge in [0.1, 0.15) is 11.0 Å². The number of hydrogen-bond donors (Lipinski definition) is 1. The second-order valence-electron chi connectivity index (χ2n) is 5.74. The number of aromatic amines is 1.